The Morgan fingerprint density at radius 1 is 0.625 bits per heavy atom. The predicted molar refractivity (Wildman–Crippen MR) is 237 cm³/mol. The van der Waals surface area contributed by atoms with Crippen molar-refractivity contribution in [1.29, 1.82) is 0 Å². The highest BCUT2D eigenvalue weighted by Gasteiger charge is 2.38. The van der Waals surface area contributed by atoms with Crippen molar-refractivity contribution < 1.29 is 53.8 Å². The molecular weight excluding hydrogens is 819 g/mol. The van der Waals surface area contributed by atoms with Crippen molar-refractivity contribution >= 4 is 23.9 Å². The van der Waals surface area contributed by atoms with E-state index >= 15 is 0 Å². The molecule has 64 heavy (non-hydrogen) atoms. The summed E-state index contributed by atoms with van der Waals surface area (Å²) in [4.78, 5) is 54.1. The first kappa shape index (κ1) is 47.1. The molecule has 7 N–H and O–H groups in total. The number of hydrogen-bond donors (Lipinski definition) is 7. The van der Waals surface area contributed by atoms with E-state index in [1.165, 1.54) is 0 Å². The smallest absolute Gasteiger partial charge is 0.407 e. The van der Waals surface area contributed by atoms with Gasteiger partial charge >= 0.3 is 12.1 Å². The molecule has 0 heterocycles. The van der Waals surface area contributed by atoms with Gasteiger partial charge in [-0.05, 0) is 59.7 Å². The van der Waals surface area contributed by atoms with Gasteiger partial charge in [0, 0.05) is 5.92 Å². The number of amides is 3. The van der Waals surface area contributed by atoms with E-state index in [1.54, 1.807) is 51.1 Å². The third-order valence-corrected chi connectivity index (χ3v) is 10.9. The summed E-state index contributed by atoms with van der Waals surface area (Å²) in [6.45, 7) is 3.91. The number of aliphatic hydroxyl groups is 4. The molecule has 336 valence electrons. The zero-order valence-corrected chi connectivity index (χ0v) is 35.9. The maximum Gasteiger partial charge on any atom is 0.407 e. The van der Waals surface area contributed by atoms with E-state index in [4.69, 9.17) is 14.2 Å². The Bertz CT molecular complexity index is 2240. The molecule has 14 heteroatoms. The number of hydrogen-bond acceptors (Lipinski definition) is 11. The fourth-order valence-corrected chi connectivity index (χ4v) is 7.53. The van der Waals surface area contributed by atoms with Crippen LogP contribution >= 0.6 is 0 Å². The lowest BCUT2D eigenvalue weighted by Gasteiger charge is -2.31. The van der Waals surface area contributed by atoms with Crippen LogP contribution in [-0.4, -0.2) is 100 Å². The van der Waals surface area contributed by atoms with E-state index in [2.05, 4.69) is 16.0 Å². The van der Waals surface area contributed by atoms with Crippen LogP contribution in [0.2, 0.25) is 0 Å². The summed E-state index contributed by atoms with van der Waals surface area (Å²) in [6.07, 6.45) is -8.72. The minimum absolute atomic E-state index is 0.0351. The van der Waals surface area contributed by atoms with Crippen LogP contribution in [0.3, 0.4) is 0 Å². The van der Waals surface area contributed by atoms with E-state index in [0.717, 1.165) is 33.4 Å². The summed E-state index contributed by atoms with van der Waals surface area (Å²) in [5.41, 5.74) is 5.24. The molecule has 0 aliphatic heterocycles. The van der Waals surface area contributed by atoms with Crippen molar-refractivity contribution in [2.75, 3.05) is 19.8 Å². The van der Waals surface area contributed by atoms with Crippen LogP contribution in [0.4, 0.5) is 4.79 Å². The van der Waals surface area contributed by atoms with E-state index in [0.29, 0.717) is 5.56 Å². The molecule has 14 nitrogen and oxygen atoms in total. The Morgan fingerprint density at radius 3 is 1.64 bits per heavy atom. The average Bonchev–Trinajstić information content (AvgIpc) is 3.63. The average molecular weight is 874 g/mol. The molecule has 1 aliphatic carbocycles. The third kappa shape index (κ3) is 12.2. The number of benzene rings is 5. The van der Waals surface area contributed by atoms with Gasteiger partial charge in [-0.1, -0.05) is 140 Å². The highest BCUT2D eigenvalue weighted by molar-refractivity contribution is 5.86. The summed E-state index contributed by atoms with van der Waals surface area (Å²) < 4.78 is 17.4. The molecule has 0 fully saturated rings. The normalized spacial score (nSPS) is 15.1. The summed E-state index contributed by atoms with van der Waals surface area (Å²) in [6, 6.07) is 38.3. The molecule has 0 spiro atoms. The third-order valence-electron chi connectivity index (χ3n) is 10.9. The van der Waals surface area contributed by atoms with Gasteiger partial charge in [-0.2, -0.15) is 0 Å². The van der Waals surface area contributed by atoms with Gasteiger partial charge in [0.1, 0.15) is 24.9 Å². The van der Waals surface area contributed by atoms with Crippen LogP contribution in [0.1, 0.15) is 73.1 Å². The van der Waals surface area contributed by atoms with Crippen molar-refractivity contribution in [3.8, 4) is 11.1 Å². The lowest BCUT2D eigenvalue weighted by atomic mass is 9.98. The molecule has 3 amide bonds. The van der Waals surface area contributed by atoms with E-state index in [-0.39, 0.29) is 25.6 Å². The number of carbonyl (C=O) groups is 4. The van der Waals surface area contributed by atoms with Gasteiger partial charge in [0.05, 0.1) is 37.3 Å². The van der Waals surface area contributed by atoms with Crippen molar-refractivity contribution in [1.82, 2.24) is 16.0 Å². The van der Waals surface area contributed by atoms with E-state index in [1.807, 2.05) is 109 Å². The van der Waals surface area contributed by atoms with Crippen LogP contribution in [0.15, 0.2) is 140 Å². The minimum Gasteiger partial charge on any atom is -0.452 e. The Kier molecular flexibility index (Phi) is 16.0. The molecule has 1 aliphatic rings. The van der Waals surface area contributed by atoms with Gasteiger partial charge in [0.2, 0.25) is 5.91 Å². The Hall–Kier alpha value is -6.42. The van der Waals surface area contributed by atoms with Crippen LogP contribution in [0.5, 0.6) is 0 Å². The first-order valence-electron chi connectivity index (χ1n) is 21.1. The summed E-state index contributed by atoms with van der Waals surface area (Å²) in [7, 11) is 0. The SMILES string of the molecule is CC(C)(C)OC[C@H](NC(=O)OCC1c2ccccc2-c2ccccc21)C(=O)N[C@@H](CO)[C@@H](O)[C@@H](O)[C@H](O)C(=O)N[C@@H](CC(=O)OC(c1ccccc1)c1ccccc1)c1ccccc1. The van der Waals surface area contributed by atoms with Crippen molar-refractivity contribution in [2.24, 2.45) is 0 Å². The standard InChI is InChI=1S/C50H55N3O11/c1-50(2,3)63-30-41(53-49(61)62-29-38-36-25-15-13-23-34(36)35-24-14-16-26-37(35)38)47(59)52-40(28-54)43(56)44(57)45(58)48(60)51-39(31-17-7-4-8-18-31)27-42(55)64-46(32-19-9-5-10-20-32)33-21-11-6-12-22-33/h4-26,38-41,43-46,54,56-58H,27-30H2,1-3H3,(H,51,60)(H,52,59)(H,53,61)/t39-,40-,41-,43+,44+,45-/m0/s1. The maximum atomic E-state index is 13.7. The quantitative estimate of drug-likeness (QED) is 0.0558. The number of esters is 1. The zero-order chi connectivity index (χ0) is 45.8. The van der Waals surface area contributed by atoms with Crippen molar-refractivity contribution in [3.05, 3.63) is 167 Å². The first-order valence-corrected chi connectivity index (χ1v) is 21.1. The Morgan fingerprint density at radius 2 is 1.12 bits per heavy atom. The second-order valence-electron chi connectivity index (χ2n) is 16.5. The van der Waals surface area contributed by atoms with Gasteiger partial charge in [-0.25, -0.2) is 4.79 Å². The Labute approximate surface area is 372 Å². The molecule has 0 radical (unpaired) electrons. The van der Waals surface area contributed by atoms with Gasteiger partial charge < -0.3 is 50.6 Å². The van der Waals surface area contributed by atoms with Gasteiger partial charge in [-0.15, -0.1) is 0 Å². The van der Waals surface area contributed by atoms with E-state index < -0.39 is 78.6 Å². The first-order chi connectivity index (χ1) is 30.7. The molecule has 6 rings (SSSR count). The zero-order valence-electron chi connectivity index (χ0n) is 35.9. The van der Waals surface area contributed by atoms with E-state index in [9.17, 15) is 39.6 Å². The molecular formula is C50H55N3O11. The maximum absolute atomic E-state index is 13.7. The lowest BCUT2D eigenvalue weighted by molar-refractivity contribution is -0.149. The number of aliphatic hydroxyl groups excluding tert-OH is 4. The number of alkyl carbamates (subject to hydrolysis) is 1. The molecule has 6 atom stereocenters. The predicted octanol–water partition coefficient (Wildman–Crippen LogP) is 4.85. The summed E-state index contributed by atoms with van der Waals surface area (Å²) >= 11 is 0. The number of carbonyl (C=O) groups excluding carboxylic acids is 4. The molecule has 5 aromatic rings. The molecule has 0 unspecified atom stereocenters. The van der Waals surface area contributed by atoms with Gasteiger partial charge in [0.15, 0.2) is 12.2 Å². The van der Waals surface area contributed by atoms with Crippen LogP contribution in [0.25, 0.3) is 11.1 Å². The second kappa shape index (κ2) is 21.8. The fraction of sp³-hybridized carbons (Fsp3) is 0.320. The number of nitrogens with one attached hydrogen (secondary N) is 3. The lowest BCUT2D eigenvalue weighted by Crippen LogP contribution is -2.60. The van der Waals surface area contributed by atoms with Gasteiger partial charge in [-0.3, -0.25) is 14.4 Å². The summed E-state index contributed by atoms with van der Waals surface area (Å²) in [5.74, 6) is -3.01. The fourth-order valence-electron chi connectivity index (χ4n) is 7.53. The van der Waals surface area contributed by atoms with Crippen LogP contribution in [-0.2, 0) is 28.6 Å². The van der Waals surface area contributed by atoms with Crippen molar-refractivity contribution in [3.63, 3.8) is 0 Å². The number of ether oxygens (including phenoxy) is 3. The topological polar surface area (TPSA) is 213 Å². The monoisotopic (exact) mass is 873 g/mol. The molecule has 5 aromatic carbocycles. The molecule has 0 aromatic heterocycles. The highest BCUT2D eigenvalue weighted by Crippen LogP contribution is 2.44. The number of fused-ring (bicyclic) bond motifs is 3. The Balaban J connectivity index is 1.09. The highest BCUT2D eigenvalue weighted by atomic mass is 16.6. The second-order valence-corrected chi connectivity index (χ2v) is 16.5. The van der Waals surface area contributed by atoms with Crippen LogP contribution in [0, 0.1) is 0 Å². The molecule has 0 saturated heterocycles. The van der Waals surface area contributed by atoms with Gasteiger partial charge in [0.25, 0.3) is 5.91 Å². The number of rotatable bonds is 19. The molecule has 0 saturated carbocycles. The minimum atomic E-state index is -2.30. The molecule has 0 bridgehead atoms. The summed E-state index contributed by atoms with van der Waals surface area (Å²) in [5, 5.41) is 51.0. The van der Waals surface area contributed by atoms with Crippen molar-refractivity contribution in [2.45, 2.75) is 81.3 Å². The largest absolute Gasteiger partial charge is 0.452 e. The van der Waals surface area contributed by atoms with Crippen LogP contribution < -0.4 is 16.0 Å².